The molecular formula is C23H18F2N6O3S. The lowest BCUT2D eigenvalue weighted by atomic mass is 10.1. The van der Waals surface area contributed by atoms with Crippen LogP contribution in [0, 0.1) is 23.0 Å². The van der Waals surface area contributed by atoms with Crippen molar-refractivity contribution in [2.24, 2.45) is 0 Å². The van der Waals surface area contributed by atoms with Crippen molar-refractivity contribution >= 4 is 33.3 Å². The SMILES string of the molecule is CS(=O)(=O)O.N#Cc1ccc(Nc2nccc(Nc3c(F)cc(-c4ccncc4)cc3F)n2)cc1. The molecule has 3 N–H and O–H groups in total. The summed E-state index contributed by atoms with van der Waals surface area (Å²) >= 11 is 0. The summed E-state index contributed by atoms with van der Waals surface area (Å²) in [7, 11) is -3.67. The van der Waals surface area contributed by atoms with Crippen LogP contribution in [0.4, 0.5) is 31.9 Å². The normalized spacial score (nSPS) is 10.5. The maximum atomic E-state index is 14.6. The molecule has 2 heterocycles. The fourth-order valence-corrected chi connectivity index (χ4v) is 2.78. The Bertz CT molecular complexity index is 1430. The van der Waals surface area contributed by atoms with Crippen LogP contribution >= 0.6 is 0 Å². The smallest absolute Gasteiger partial charge is 0.261 e. The first-order chi connectivity index (χ1) is 16.6. The number of hydrogen-bond donors (Lipinski definition) is 3. The molecule has 0 unspecified atom stereocenters. The number of pyridine rings is 1. The highest BCUT2D eigenvalue weighted by Gasteiger charge is 2.13. The summed E-state index contributed by atoms with van der Waals surface area (Å²) in [6.45, 7) is 0. The molecule has 0 fully saturated rings. The molecule has 0 bridgehead atoms. The molecule has 0 atom stereocenters. The van der Waals surface area contributed by atoms with Crippen molar-refractivity contribution < 1.29 is 21.8 Å². The molecule has 4 aromatic rings. The van der Waals surface area contributed by atoms with Crippen molar-refractivity contribution in [2.45, 2.75) is 0 Å². The summed E-state index contributed by atoms with van der Waals surface area (Å²) in [4.78, 5) is 12.2. The van der Waals surface area contributed by atoms with Gasteiger partial charge in [-0.1, -0.05) is 0 Å². The number of aromatic nitrogens is 3. The zero-order valence-electron chi connectivity index (χ0n) is 18.1. The molecule has 0 saturated heterocycles. The first kappa shape index (κ1) is 25.2. The number of nitriles is 1. The minimum Gasteiger partial charge on any atom is -0.335 e. The molecule has 0 aliphatic rings. The lowest BCUT2D eigenvalue weighted by molar-refractivity contribution is 0.490. The number of benzene rings is 2. The summed E-state index contributed by atoms with van der Waals surface area (Å²) in [5.41, 5.74) is 1.95. The largest absolute Gasteiger partial charge is 0.335 e. The number of nitrogens with zero attached hydrogens (tertiary/aromatic N) is 4. The van der Waals surface area contributed by atoms with Gasteiger partial charge in [-0.25, -0.2) is 13.8 Å². The van der Waals surface area contributed by atoms with Crippen LogP contribution in [0.2, 0.25) is 0 Å². The van der Waals surface area contributed by atoms with Crippen molar-refractivity contribution in [3.05, 3.63) is 90.4 Å². The molecule has 35 heavy (non-hydrogen) atoms. The Hall–Kier alpha value is -4.47. The van der Waals surface area contributed by atoms with Crippen molar-refractivity contribution in [1.29, 1.82) is 5.26 Å². The molecule has 4 rings (SSSR count). The Morgan fingerprint density at radius 3 is 2.09 bits per heavy atom. The van der Waals surface area contributed by atoms with E-state index < -0.39 is 21.8 Å². The van der Waals surface area contributed by atoms with Gasteiger partial charge in [-0.05, 0) is 65.7 Å². The summed E-state index contributed by atoms with van der Waals surface area (Å²) in [6, 6.07) is 16.1. The van der Waals surface area contributed by atoms with Gasteiger partial charge in [0.2, 0.25) is 5.95 Å². The Kier molecular flexibility index (Phi) is 7.98. The van der Waals surface area contributed by atoms with E-state index in [1.165, 1.54) is 24.4 Å². The van der Waals surface area contributed by atoms with Crippen LogP contribution in [-0.4, -0.2) is 34.2 Å². The second-order valence-corrected chi connectivity index (χ2v) is 8.45. The van der Waals surface area contributed by atoms with Gasteiger partial charge >= 0.3 is 0 Å². The number of anilines is 4. The predicted octanol–water partition coefficient (Wildman–Crippen LogP) is 4.68. The van der Waals surface area contributed by atoms with E-state index in [4.69, 9.17) is 9.81 Å². The van der Waals surface area contributed by atoms with E-state index in [1.54, 1.807) is 48.8 Å². The number of rotatable bonds is 5. The number of hydrogen-bond acceptors (Lipinski definition) is 8. The highest BCUT2D eigenvalue weighted by atomic mass is 32.2. The standard InChI is InChI=1S/C22H14F2N6.CH4O3S/c23-18-11-16(15-5-8-26-9-6-15)12-19(24)21(18)29-20-7-10-27-22(30-20)28-17-3-1-14(13-25)2-4-17;1-5(2,3)4/h1-12H,(H2,27,28,29,30);1H3,(H,2,3,4). The van der Waals surface area contributed by atoms with Crippen LogP contribution in [0.3, 0.4) is 0 Å². The monoisotopic (exact) mass is 496 g/mol. The third-order valence-electron chi connectivity index (χ3n) is 4.23. The lowest BCUT2D eigenvalue weighted by Gasteiger charge is -2.11. The average Bonchev–Trinajstić information content (AvgIpc) is 2.81. The summed E-state index contributed by atoms with van der Waals surface area (Å²) in [5.74, 6) is -1.04. The van der Waals surface area contributed by atoms with E-state index in [9.17, 15) is 17.2 Å². The van der Waals surface area contributed by atoms with E-state index in [1.807, 2.05) is 6.07 Å². The molecular weight excluding hydrogens is 478 g/mol. The number of nitrogens with one attached hydrogen (secondary N) is 2. The maximum Gasteiger partial charge on any atom is 0.261 e. The molecule has 2 aromatic carbocycles. The van der Waals surface area contributed by atoms with E-state index >= 15 is 0 Å². The van der Waals surface area contributed by atoms with E-state index in [0.29, 0.717) is 28.6 Å². The quantitative estimate of drug-likeness (QED) is 0.336. The second kappa shape index (κ2) is 11.1. The summed E-state index contributed by atoms with van der Waals surface area (Å²) in [6.07, 6.45) is 5.29. The zero-order chi connectivity index (χ0) is 25.4. The van der Waals surface area contributed by atoms with Gasteiger partial charge < -0.3 is 10.6 Å². The lowest BCUT2D eigenvalue weighted by Crippen LogP contribution is -2.03. The van der Waals surface area contributed by atoms with Crippen LogP contribution in [-0.2, 0) is 10.1 Å². The van der Waals surface area contributed by atoms with Gasteiger partial charge in [0.25, 0.3) is 10.1 Å². The van der Waals surface area contributed by atoms with Crippen LogP contribution in [0.15, 0.2) is 73.2 Å². The number of halogens is 2. The summed E-state index contributed by atoms with van der Waals surface area (Å²) in [5, 5.41) is 14.5. The van der Waals surface area contributed by atoms with Crippen molar-refractivity contribution in [3.8, 4) is 17.2 Å². The molecule has 0 saturated carbocycles. The Labute approximate surface area is 199 Å². The molecule has 0 aliphatic heterocycles. The van der Waals surface area contributed by atoms with Crippen molar-refractivity contribution in [3.63, 3.8) is 0 Å². The second-order valence-electron chi connectivity index (χ2n) is 6.99. The van der Waals surface area contributed by atoms with Crippen molar-refractivity contribution in [2.75, 3.05) is 16.9 Å². The minimum atomic E-state index is -3.67. The van der Waals surface area contributed by atoms with E-state index in [-0.39, 0.29) is 17.5 Å². The zero-order valence-corrected chi connectivity index (χ0v) is 19.0. The van der Waals surface area contributed by atoms with Crippen LogP contribution < -0.4 is 10.6 Å². The van der Waals surface area contributed by atoms with Crippen LogP contribution in [0.1, 0.15) is 5.56 Å². The van der Waals surface area contributed by atoms with Gasteiger partial charge in [0.05, 0.1) is 17.9 Å². The molecule has 2 aromatic heterocycles. The average molecular weight is 496 g/mol. The van der Waals surface area contributed by atoms with E-state index in [0.717, 1.165) is 0 Å². The molecule has 0 spiro atoms. The fraction of sp³-hybridized carbons (Fsp3) is 0.0435. The van der Waals surface area contributed by atoms with Crippen molar-refractivity contribution in [1.82, 2.24) is 15.0 Å². The van der Waals surface area contributed by atoms with Gasteiger partial charge in [0.1, 0.15) is 23.1 Å². The first-order valence-electron chi connectivity index (χ1n) is 9.81. The fourth-order valence-electron chi connectivity index (χ4n) is 2.78. The van der Waals surface area contributed by atoms with Gasteiger partial charge in [-0.2, -0.15) is 18.7 Å². The molecule has 9 nitrogen and oxygen atoms in total. The molecule has 0 aliphatic carbocycles. The predicted molar refractivity (Wildman–Crippen MR) is 127 cm³/mol. The molecule has 0 radical (unpaired) electrons. The maximum absolute atomic E-state index is 14.6. The molecule has 12 heteroatoms. The van der Waals surface area contributed by atoms with Gasteiger partial charge in [0.15, 0.2) is 0 Å². The van der Waals surface area contributed by atoms with E-state index in [2.05, 4.69) is 25.6 Å². The minimum absolute atomic E-state index is 0.218. The highest BCUT2D eigenvalue weighted by Crippen LogP contribution is 2.29. The van der Waals surface area contributed by atoms with Gasteiger partial charge in [-0.15, -0.1) is 0 Å². The summed E-state index contributed by atoms with van der Waals surface area (Å²) < 4.78 is 55.1. The topological polar surface area (TPSA) is 141 Å². The van der Waals surface area contributed by atoms with Crippen LogP contribution in [0.25, 0.3) is 11.1 Å². The third-order valence-corrected chi connectivity index (χ3v) is 4.23. The first-order valence-corrected chi connectivity index (χ1v) is 11.7. The molecule has 0 amide bonds. The molecule has 178 valence electrons. The Balaban J connectivity index is 0.000000623. The van der Waals surface area contributed by atoms with Gasteiger partial charge in [0, 0.05) is 24.3 Å². The van der Waals surface area contributed by atoms with Gasteiger partial charge in [-0.3, -0.25) is 9.54 Å². The highest BCUT2D eigenvalue weighted by molar-refractivity contribution is 7.85. The van der Waals surface area contributed by atoms with Crippen LogP contribution in [0.5, 0.6) is 0 Å². The Morgan fingerprint density at radius 1 is 0.914 bits per heavy atom. The third kappa shape index (κ3) is 7.81. The Morgan fingerprint density at radius 2 is 1.51 bits per heavy atom.